The average molecular weight is 428 g/mol. The lowest BCUT2D eigenvalue weighted by Gasteiger charge is -2.32. The molecule has 3 aliphatic heterocycles. The summed E-state index contributed by atoms with van der Waals surface area (Å²) in [5.41, 5.74) is 2.94. The third kappa shape index (κ3) is 4.00. The predicted molar refractivity (Wildman–Crippen MR) is 118 cm³/mol. The molecular formula is C24H37N5O2. The number of likely N-dealkylation sites (tertiary alicyclic amines) is 2. The Hall–Kier alpha value is -1.92. The van der Waals surface area contributed by atoms with E-state index in [1.54, 1.807) is 0 Å². The molecule has 2 amide bonds. The number of hydrogen-bond donors (Lipinski definition) is 1. The molecule has 0 aromatic rings. The van der Waals surface area contributed by atoms with Crippen LogP contribution in [0.15, 0.2) is 23.0 Å². The van der Waals surface area contributed by atoms with Crippen LogP contribution in [0.5, 0.6) is 0 Å². The normalized spacial score (nSPS) is 37.4. The minimum absolute atomic E-state index is 0.0613. The first-order valence-corrected chi connectivity index (χ1v) is 12.4. The quantitative estimate of drug-likeness (QED) is 0.684. The molecule has 2 saturated heterocycles. The van der Waals surface area contributed by atoms with Gasteiger partial charge in [-0.2, -0.15) is 5.11 Å². The topological polar surface area (TPSA) is 77.4 Å². The zero-order chi connectivity index (χ0) is 21.4. The smallest absolute Gasteiger partial charge is 0.225 e. The molecule has 2 saturated carbocycles. The van der Waals surface area contributed by atoms with Crippen molar-refractivity contribution < 1.29 is 9.59 Å². The minimum Gasteiger partial charge on any atom is -0.341 e. The summed E-state index contributed by atoms with van der Waals surface area (Å²) in [4.78, 5) is 30.3. The first-order valence-electron chi connectivity index (χ1n) is 12.4. The van der Waals surface area contributed by atoms with Gasteiger partial charge in [-0.05, 0) is 31.6 Å². The Morgan fingerprint density at radius 2 is 1.84 bits per heavy atom. The number of nitrogens with one attached hydrogen (secondary N) is 1. The van der Waals surface area contributed by atoms with Gasteiger partial charge in [0, 0.05) is 49.9 Å². The summed E-state index contributed by atoms with van der Waals surface area (Å²) in [6.45, 7) is 7.09. The van der Waals surface area contributed by atoms with Crippen LogP contribution in [0.4, 0.5) is 0 Å². The maximum atomic E-state index is 13.3. The van der Waals surface area contributed by atoms with Crippen molar-refractivity contribution in [1.29, 1.82) is 0 Å². The third-order valence-electron chi connectivity index (χ3n) is 8.82. The highest BCUT2D eigenvalue weighted by molar-refractivity contribution is 5.80. The molecule has 2 aliphatic carbocycles. The van der Waals surface area contributed by atoms with Gasteiger partial charge in [-0.1, -0.05) is 43.4 Å². The van der Waals surface area contributed by atoms with Gasteiger partial charge in [0.25, 0.3) is 0 Å². The maximum Gasteiger partial charge on any atom is 0.225 e. The Labute approximate surface area is 185 Å². The molecule has 5 unspecified atom stereocenters. The van der Waals surface area contributed by atoms with E-state index in [0.717, 1.165) is 51.2 Å². The lowest BCUT2D eigenvalue weighted by atomic mass is 9.81. The van der Waals surface area contributed by atoms with E-state index < -0.39 is 0 Å². The SMILES string of the molecule is C=CC12CN(C(=O)CCC3CCCCC3)CC1CN(C(=O)C1CCC3N=NNC3C1)C2. The molecule has 5 atom stereocenters. The van der Waals surface area contributed by atoms with Crippen molar-refractivity contribution >= 4 is 11.8 Å². The number of rotatable bonds is 5. The Morgan fingerprint density at radius 1 is 1.06 bits per heavy atom. The van der Waals surface area contributed by atoms with Crippen molar-refractivity contribution in [1.82, 2.24) is 15.2 Å². The Bertz CT molecular complexity index is 748. The second-order valence-corrected chi connectivity index (χ2v) is 10.7. The van der Waals surface area contributed by atoms with Crippen LogP contribution in [0.3, 0.4) is 0 Å². The van der Waals surface area contributed by atoms with Crippen molar-refractivity contribution in [2.24, 2.45) is 33.5 Å². The summed E-state index contributed by atoms with van der Waals surface area (Å²) in [6.07, 6.45) is 13.0. The first-order chi connectivity index (χ1) is 15.1. The van der Waals surface area contributed by atoms with Gasteiger partial charge in [0.15, 0.2) is 0 Å². The van der Waals surface area contributed by atoms with E-state index in [2.05, 4.69) is 32.1 Å². The van der Waals surface area contributed by atoms with Gasteiger partial charge in [-0.15, -0.1) is 6.58 Å². The summed E-state index contributed by atoms with van der Waals surface area (Å²) in [5.74, 6) is 1.70. The number of hydrogen-bond acceptors (Lipinski definition) is 5. The molecule has 0 bridgehead atoms. The van der Waals surface area contributed by atoms with Crippen molar-refractivity contribution in [3.05, 3.63) is 12.7 Å². The number of nitrogens with zero attached hydrogens (tertiary/aromatic N) is 4. The molecule has 0 spiro atoms. The molecular weight excluding hydrogens is 390 g/mol. The Kier molecular flexibility index (Phi) is 5.78. The third-order valence-corrected chi connectivity index (χ3v) is 8.82. The van der Waals surface area contributed by atoms with Gasteiger partial charge in [0.2, 0.25) is 11.8 Å². The molecule has 3 heterocycles. The standard InChI is InChI=1S/C24H37N5O2/c1-2-24-15-28(22(30)11-8-17-6-4-3-5-7-17)13-19(24)14-29(16-24)23(31)18-9-10-20-21(12-18)26-27-25-20/h2,17-21H,1,3-16H2,(H,25,26). The van der Waals surface area contributed by atoms with Crippen LogP contribution >= 0.6 is 0 Å². The van der Waals surface area contributed by atoms with Crippen LogP contribution in [-0.2, 0) is 9.59 Å². The van der Waals surface area contributed by atoms with Crippen molar-refractivity contribution in [3.8, 4) is 0 Å². The highest BCUT2D eigenvalue weighted by Crippen LogP contribution is 2.45. The summed E-state index contributed by atoms with van der Waals surface area (Å²) in [7, 11) is 0. The molecule has 7 nitrogen and oxygen atoms in total. The van der Waals surface area contributed by atoms with E-state index in [9.17, 15) is 9.59 Å². The Morgan fingerprint density at radius 3 is 2.61 bits per heavy atom. The van der Waals surface area contributed by atoms with E-state index in [-0.39, 0.29) is 29.3 Å². The highest BCUT2D eigenvalue weighted by atomic mass is 16.2. The van der Waals surface area contributed by atoms with E-state index in [4.69, 9.17) is 0 Å². The molecule has 5 aliphatic rings. The van der Waals surface area contributed by atoms with Gasteiger partial charge in [-0.3, -0.25) is 15.0 Å². The van der Waals surface area contributed by atoms with E-state index >= 15 is 0 Å². The molecule has 4 fully saturated rings. The van der Waals surface area contributed by atoms with Gasteiger partial charge in [0.1, 0.15) is 0 Å². The molecule has 170 valence electrons. The van der Waals surface area contributed by atoms with Gasteiger partial charge in [0.05, 0.1) is 12.1 Å². The summed E-state index contributed by atoms with van der Waals surface area (Å²) < 4.78 is 0. The molecule has 7 heteroatoms. The fraction of sp³-hybridized carbons (Fsp3) is 0.833. The molecule has 31 heavy (non-hydrogen) atoms. The zero-order valence-corrected chi connectivity index (χ0v) is 18.7. The van der Waals surface area contributed by atoms with Gasteiger partial charge >= 0.3 is 0 Å². The molecule has 0 aromatic carbocycles. The first kappa shape index (κ1) is 21.0. The van der Waals surface area contributed by atoms with Crippen LogP contribution in [-0.4, -0.2) is 59.9 Å². The largest absolute Gasteiger partial charge is 0.341 e. The molecule has 5 rings (SSSR count). The van der Waals surface area contributed by atoms with Crippen LogP contribution in [0.1, 0.15) is 64.2 Å². The van der Waals surface area contributed by atoms with Crippen LogP contribution < -0.4 is 5.43 Å². The van der Waals surface area contributed by atoms with Crippen LogP contribution in [0.2, 0.25) is 0 Å². The monoisotopic (exact) mass is 427 g/mol. The number of fused-ring (bicyclic) bond motifs is 2. The lowest BCUT2D eigenvalue weighted by molar-refractivity contribution is -0.136. The van der Waals surface area contributed by atoms with E-state index in [1.165, 1.54) is 32.1 Å². The second kappa shape index (κ2) is 8.55. The summed E-state index contributed by atoms with van der Waals surface area (Å²) >= 11 is 0. The second-order valence-electron chi connectivity index (χ2n) is 10.7. The van der Waals surface area contributed by atoms with Crippen molar-refractivity contribution in [3.63, 3.8) is 0 Å². The number of carbonyl (C=O) groups excluding carboxylic acids is 2. The molecule has 0 radical (unpaired) electrons. The zero-order valence-electron chi connectivity index (χ0n) is 18.7. The molecule has 0 aromatic heterocycles. The van der Waals surface area contributed by atoms with Gasteiger partial charge < -0.3 is 9.80 Å². The Balaban J connectivity index is 1.15. The number of amides is 2. The van der Waals surface area contributed by atoms with Crippen LogP contribution in [0.25, 0.3) is 0 Å². The predicted octanol–water partition coefficient (Wildman–Crippen LogP) is 3.33. The van der Waals surface area contributed by atoms with Crippen molar-refractivity contribution in [2.75, 3.05) is 26.2 Å². The van der Waals surface area contributed by atoms with Gasteiger partial charge in [-0.25, -0.2) is 0 Å². The highest BCUT2D eigenvalue weighted by Gasteiger charge is 2.53. The van der Waals surface area contributed by atoms with Crippen LogP contribution in [0, 0.1) is 23.2 Å². The fourth-order valence-corrected chi connectivity index (χ4v) is 6.81. The van der Waals surface area contributed by atoms with E-state index in [1.807, 2.05) is 6.08 Å². The summed E-state index contributed by atoms with van der Waals surface area (Å²) in [6, 6.07) is 0.463. The summed E-state index contributed by atoms with van der Waals surface area (Å²) in [5, 5.41) is 8.19. The number of carbonyl (C=O) groups is 2. The maximum absolute atomic E-state index is 13.3. The van der Waals surface area contributed by atoms with E-state index in [0.29, 0.717) is 24.8 Å². The fourth-order valence-electron chi connectivity index (χ4n) is 6.81. The lowest BCUT2D eigenvalue weighted by Crippen LogP contribution is -2.45. The minimum atomic E-state index is -0.135. The molecule has 1 N–H and O–H groups in total. The average Bonchev–Trinajstić information content (AvgIpc) is 3.49. The van der Waals surface area contributed by atoms with Crippen molar-refractivity contribution in [2.45, 2.75) is 76.3 Å².